The Bertz CT molecular complexity index is 551. The third kappa shape index (κ3) is 3.96. The van der Waals surface area contributed by atoms with E-state index in [2.05, 4.69) is 0 Å². The van der Waals surface area contributed by atoms with E-state index in [4.69, 9.17) is 4.74 Å². The molecule has 2 rings (SSSR count). The molecule has 1 aromatic carbocycles. The summed E-state index contributed by atoms with van der Waals surface area (Å²) in [6, 6.07) is 7.61. The van der Waals surface area contributed by atoms with E-state index in [0.717, 1.165) is 11.3 Å². The predicted octanol–water partition coefficient (Wildman–Crippen LogP) is 0.885. The van der Waals surface area contributed by atoms with E-state index < -0.39 is 9.84 Å². The van der Waals surface area contributed by atoms with Gasteiger partial charge in [-0.05, 0) is 24.1 Å². The molecule has 0 radical (unpaired) electrons. The fraction of sp³-hybridized carbons (Fsp3) is 0.500. The van der Waals surface area contributed by atoms with Crippen molar-refractivity contribution >= 4 is 15.7 Å². The third-order valence-corrected chi connectivity index (χ3v) is 5.09. The van der Waals surface area contributed by atoms with Gasteiger partial charge in [-0.15, -0.1) is 0 Å². The molecule has 1 fully saturated rings. The van der Waals surface area contributed by atoms with Crippen LogP contribution in [0.5, 0.6) is 5.75 Å². The predicted molar refractivity (Wildman–Crippen MR) is 76.5 cm³/mol. The van der Waals surface area contributed by atoms with Crippen LogP contribution in [0, 0.1) is 0 Å². The summed E-state index contributed by atoms with van der Waals surface area (Å²) < 4.78 is 27.7. The van der Waals surface area contributed by atoms with Crippen LogP contribution in [0.1, 0.15) is 12.0 Å². The van der Waals surface area contributed by atoms with Gasteiger partial charge in [0.15, 0.2) is 9.84 Å². The number of rotatable bonds is 4. The lowest BCUT2D eigenvalue weighted by Crippen LogP contribution is -2.43. The molecule has 6 heteroatoms. The molecule has 0 unspecified atom stereocenters. The molecule has 1 aliphatic heterocycles. The van der Waals surface area contributed by atoms with Crippen LogP contribution in [0.2, 0.25) is 0 Å². The highest BCUT2D eigenvalue weighted by molar-refractivity contribution is 7.91. The minimum Gasteiger partial charge on any atom is -0.497 e. The van der Waals surface area contributed by atoms with Crippen LogP contribution in [-0.2, 0) is 21.1 Å². The van der Waals surface area contributed by atoms with Crippen molar-refractivity contribution in [1.82, 2.24) is 4.90 Å². The molecule has 0 N–H and O–H groups in total. The summed E-state index contributed by atoms with van der Waals surface area (Å²) in [4.78, 5) is 13.7. The standard InChI is InChI=1S/C14H19NO4S/c1-19-13-5-2-12(3-6-13)4-7-14(16)15-8-10-20(17,18)11-9-15/h2-3,5-6H,4,7-11H2,1H3. The second-order valence-corrected chi connectivity index (χ2v) is 7.18. The first-order valence-corrected chi connectivity index (χ1v) is 8.43. The van der Waals surface area contributed by atoms with Crippen LogP contribution >= 0.6 is 0 Å². The highest BCUT2D eigenvalue weighted by atomic mass is 32.2. The van der Waals surface area contributed by atoms with E-state index in [9.17, 15) is 13.2 Å². The number of nitrogens with zero attached hydrogens (tertiary/aromatic N) is 1. The van der Waals surface area contributed by atoms with Crippen molar-refractivity contribution in [3.63, 3.8) is 0 Å². The van der Waals surface area contributed by atoms with Crippen molar-refractivity contribution in [3.8, 4) is 5.75 Å². The number of carbonyl (C=O) groups excluding carboxylic acids is 1. The first-order valence-electron chi connectivity index (χ1n) is 6.61. The van der Waals surface area contributed by atoms with Crippen molar-refractivity contribution in [3.05, 3.63) is 29.8 Å². The summed E-state index contributed by atoms with van der Waals surface area (Å²) in [6.45, 7) is 0.646. The van der Waals surface area contributed by atoms with E-state index in [0.29, 0.717) is 25.9 Å². The van der Waals surface area contributed by atoms with Crippen LogP contribution in [-0.4, -0.2) is 50.9 Å². The molecule has 110 valence electrons. The molecule has 0 atom stereocenters. The smallest absolute Gasteiger partial charge is 0.222 e. The number of methoxy groups -OCH3 is 1. The number of benzene rings is 1. The highest BCUT2D eigenvalue weighted by Crippen LogP contribution is 2.13. The largest absolute Gasteiger partial charge is 0.497 e. The minimum absolute atomic E-state index is 0.0238. The van der Waals surface area contributed by atoms with Gasteiger partial charge in [0.1, 0.15) is 5.75 Å². The SMILES string of the molecule is COc1ccc(CCC(=O)N2CCS(=O)(=O)CC2)cc1. The van der Waals surface area contributed by atoms with Crippen LogP contribution in [0.15, 0.2) is 24.3 Å². The summed E-state index contributed by atoms with van der Waals surface area (Å²) in [5.41, 5.74) is 1.07. The summed E-state index contributed by atoms with van der Waals surface area (Å²) in [7, 11) is -1.32. The van der Waals surface area contributed by atoms with Crippen molar-refractivity contribution < 1.29 is 17.9 Å². The maximum atomic E-state index is 12.0. The molecule has 1 aromatic rings. The molecule has 1 aliphatic rings. The average molecular weight is 297 g/mol. The maximum absolute atomic E-state index is 12.0. The zero-order chi connectivity index (χ0) is 14.6. The monoisotopic (exact) mass is 297 g/mol. The molecule has 1 heterocycles. The molecule has 0 aromatic heterocycles. The first-order chi connectivity index (χ1) is 9.50. The molecule has 0 bridgehead atoms. The Balaban J connectivity index is 1.83. The number of hydrogen-bond acceptors (Lipinski definition) is 4. The van der Waals surface area contributed by atoms with Gasteiger partial charge in [0, 0.05) is 19.5 Å². The van der Waals surface area contributed by atoms with E-state index in [1.807, 2.05) is 24.3 Å². The number of aryl methyl sites for hydroxylation is 1. The van der Waals surface area contributed by atoms with E-state index in [-0.39, 0.29) is 17.4 Å². The molecular formula is C14H19NO4S. The van der Waals surface area contributed by atoms with Crippen LogP contribution in [0.25, 0.3) is 0 Å². The number of carbonyl (C=O) groups is 1. The Hall–Kier alpha value is -1.56. The zero-order valence-electron chi connectivity index (χ0n) is 11.5. The van der Waals surface area contributed by atoms with Crippen molar-refractivity contribution in [1.29, 1.82) is 0 Å². The number of amides is 1. The van der Waals surface area contributed by atoms with Gasteiger partial charge in [0.25, 0.3) is 0 Å². The average Bonchev–Trinajstić information content (AvgIpc) is 2.45. The fourth-order valence-electron chi connectivity index (χ4n) is 2.16. The third-order valence-electron chi connectivity index (χ3n) is 3.48. The molecular weight excluding hydrogens is 278 g/mol. The Kier molecular flexibility index (Phi) is 4.65. The van der Waals surface area contributed by atoms with Gasteiger partial charge in [0.2, 0.25) is 5.91 Å². The van der Waals surface area contributed by atoms with Gasteiger partial charge < -0.3 is 9.64 Å². The van der Waals surface area contributed by atoms with Crippen molar-refractivity contribution in [2.75, 3.05) is 31.7 Å². The molecule has 1 amide bonds. The summed E-state index contributed by atoms with van der Waals surface area (Å²) in [5.74, 6) is 0.986. The number of sulfone groups is 1. The van der Waals surface area contributed by atoms with E-state index >= 15 is 0 Å². The van der Waals surface area contributed by atoms with Crippen LogP contribution in [0.4, 0.5) is 0 Å². The molecule has 1 saturated heterocycles. The van der Waals surface area contributed by atoms with E-state index in [1.54, 1.807) is 12.0 Å². The lowest BCUT2D eigenvalue weighted by atomic mass is 10.1. The normalized spacial score (nSPS) is 17.8. The van der Waals surface area contributed by atoms with Crippen LogP contribution in [0.3, 0.4) is 0 Å². The van der Waals surface area contributed by atoms with Crippen molar-refractivity contribution in [2.45, 2.75) is 12.8 Å². The quantitative estimate of drug-likeness (QED) is 0.828. The van der Waals surface area contributed by atoms with Crippen LogP contribution < -0.4 is 4.74 Å². The van der Waals surface area contributed by atoms with Gasteiger partial charge >= 0.3 is 0 Å². The van der Waals surface area contributed by atoms with Gasteiger partial charge in [-0.2, -0.15) is 0 Å². The lowest BCUT2D eigenvalue weighted by molar-refractivity contribution is -0.130. The topological polar surface area (TPSA) is 63.7 Å². The lowest BCUT2D eigenvalue weighted by Gasteiger charge is -2.26. The Morgan fingerprint density at radius 3 is 2.35 bits per heavy atom. The van der Waals surface area contributed by atoms with Crippen molar-refractivity contribution in [2.24, 2.45) is 0 Å². The minimum atomic E-state index is -2.93. The molecule has 20 heavy (non-hydrogen) atoms. The first kappa shape index (κ1) is 14.8. The van der Waals surface area contributed by atoms with Gasteiger partial charge in [-0.1, -0.05) is 12.1 Å². The summed E-state index contributed by atoms with van der Waals surface area (Å²) in [6.07, 6.45) is 1.07. The highest BCUT2D eigenvalue weighted by Gasteiger charge is 2.24. The van der Waals surface area contributed by atoms with Gasteiger partial charge in [-0.3, -0.25) is 4.79 Å². The molecule has 0 saturated carbocycles. The van der Waals surface area contributed by atoms with Gasteiger partial charge in [0.05, 0.1) is 18.6 Å². The Labute approximate surface area is 119 Å². The van der Waals surface area contributed by atoms with E-state index in [1.165, 1.54) is 0 Å². The Morgan fingerprint density at radius 2 is 1.80 bits per heavy atom. The second kappa shape index (κ2) is 6.26. The summed E-state index contributed by atoms with van der Waals surface area (Å²) in [5, 5.41) is 0. The molecule has 5 nitrogen and oxygen atoms in total. The zero-order valence-corrected chi connectivity index (χ0v) is 12.4. The maximum Gasteiger partial charge on any atom is 0.222 e. The summed E-state index contributed by atoms with van der Waals surface area (Å²) >= 11 is 0. The van der Waals surface area contributed by atoms with Gasteiger partial charge in [-0.25, -0.2) is 8.42 Å². The second-order valence-electron chi connectivity index (χ2n) is 4.88. The molecule has 0 aliphatic carbocycles. The number of hydrogen-bond donors (Lipinski definition) is 0. The Morgan fingerprint density at radius 1 is 1.20 bits per heavy atom. The fourth-order valence-corrected chi connectivity index (χ4v) is 3.36. The number of ether oxygens (including phenoxy) is 1. The molecule has 0 spiro atoms.